The van der Waals surface area contributed by atoms with Gasteiger partial charge in [-0.05, 0) is 48.9 Å². The van der Waals surface area contributed by atoms with Crippen LogP contribution in [0.2, 0.25) is 0 Å². The highest BCUT2D eigenvalue weighted by molar-refractivity contribution is 7.16. The van der Waals surface area contributed by atoms with E-state index in [1.807, 2.05) is 18.4 Å². The van der Waals surface area contributed by atoms with Gasteiger partial charge in [-0.3, -0.25) is 0 Å². The van der Waals surface area contributed by atoms with Crippen LogP contribution in [0.25, 0.3) is 10.2 Å². The molecule has 7 nitrogen and oxygen atoms in total. The van der Waals surface area contributed by atoms with Crippen LogP contribution in [0.5, 0.6) is 5.88 Å². The van der Waals surface area contributed by atoms with Crippen LogP contribution in [0.3, 0.4) is 0 Å². The van der Waals surface area contributed by atoms with Crippen LogP contribution in [-0.2, 0) is 11.3 Å². The predicted molar refractivity (Wildman–Crippen MR) is 114 cm³/mol. The number of hydrogen-bond acceptors (Lipinski definition) is 7. The second kappa shape index (κ2) is 8.65. The summed E-state index contributed by atoms with van der Waals surface area (Å²) in [6, 6.07) is 10.3. The zero-order chi connectivity index (χ0) is 20.2. The van der Waals surface area contributed by atoms with E-state index >= 15 is 0 Å². The Kier molecular flexibility index (Phi) is 5.80. The number of hydrogen-bond donors (Lipinski definition) is 1. The first-order valence-corrected chi connectivity index (χ1v) is 10.6. The number of nitrogens with zero attached hydrogens (tertiary/aromatic N) is 3. The number of aromatic nitrogens is 2. The molecule has 4 rings (SSSR count). The maximum atomic E-state index is 11.5. The summed E-state index contributed by atoms with van der Waals surface area (Å²) in [5, 5.41) is 5.46. The van der Waals surface area contributed by atoms with Crippen molar-refractivity contribution >= 4 is 33.3 Å². The Morgan fingerprint density at radius 2 is 2.10 bits per heavy atom. The third-order valence-electron chi connectivity index (χ3n) is 4.93. The predicted octanol–water partition coefficient (Wildman–Crippen LogP) is 3.90. The number of alkyl carbamates (subject to hydrolysis) is 1. The van der Waals surface area contributed by atoms with E-state index in [2.05, 4.69) is 44.5 Å². The summed E-state index contributed by atoms with van der Waals surface area (Å²) in [7, 11) is 1.58. The molecule has 2 aromatic heterocycles. The van der Waals surface area contributed by atoms with E-state index in [-0.39, 0.29) is 12.2 Å². The van der Waals surface area contributed by atoms with Gasteiger partial charge in [0.25, 0.3) is 0 Å². The van der Waals surface area contributed by atoms with Crippen molar-refractivity contribution in [3.05, 3.63) is 47.1 Å². The van der Waals surface area contributed by atoms with E-state index in [1.165, 1.54) is 0 Å². The summed E-state index contributed by atoms with van der Waals surface area (Å²) >= 11 is 1.59. The third-order valence-corrected chi connectivity index (χ3v) is 5.74. The van der Waals surface area contributed by atoms with Gasteiger partial charge in [-0.2, -0.15) is 4.98 Å². The van der Waals surface area contributed by atoms with E-state index in [9.17, 15) is 4.79 Å². The number of carbonyl (C=O) groups excluding carboxylic acids is 1. The van der Waals surface area contributed by atoms with Crippen LogP contribution >= 0.6 is 11.3 Å². The van der Waals surface area contributed by atoms with Crippen molar-refractivity contribution in [2.45, 2.75) is 32.5 Å². The highest BCUT2D eigenvalue weighted by atomic mass is 32.1. The molecular formula is C21H24N4O3S. The van der Waals surface area contributed by atoms with Gasteiger partial charge >= 0.3 is 6.09 Å². The number of fused-ring (bicyclic) bond motifs is 1. The van der Waals surface area contributed by atoms with Crippen LogP contribution in [0.15, 0.2) is 35.7 Å². The lowest BCUT2D eigenvalue weighted by molar-refractivity contribution is 0.0901. The third kappa shape index (κ3) is 4.59. The van der Waals surface area contributed by atoms with Crippen LogP contribution in [-0.4, -0.2) is 42.3 Å². The zero-order valence-electron chi connectivity index (χ0n) is 16.6. The summed E-state index contributed by atoms with van der Waals surface area (Å²) in [5.41, 5.74) is 2.20. The van der Waals surface area contributed by atoms with Crippen molar-refractivity contribution in [1.29, 1.82) is 0 Å². The Bertz CT molecular complexity index is 989. The molecule has 1 N–H and O–H groups in total. The molecular weight excluding hydrogens is 388 g/mol. The lowest BCUT2D eigenvalue weighted by Crippen LogP contribution is -2.41. The molecule has 1 fully saturated rings. The molecule has 1 amide bonds. The molecule has 0 spiro atoms. The van der Waals surface area contributed by atoms with E-state index in [1.54, 1.807) is 18.4 Å². The molecule has 1 unspecified atom stereocenters. The number of benzene rings is 1. The second-order valence-electron chi connectivity index (χ2n) is 7.04. The Hall–Kier alpha value is -2.87. The van der Waals surface area contributed by atoms with Gasteiger partial charge in [0.05, 0.1) is 11.9 Å². The first-order valence-electron chi connectivity index (χ1n) is 9.69. The van der Waals surface area contributed by atoms with E-state index in [4.69, 9.17) is 9.47 Å². The maximum absolute atomic E-state index is 11.5. The van der Waals surface area contributed by atoms with Crippen LogP contribution < -0.4 is 15.0 Å². The van der Waals surface area contributed by atoms with Crippen LogP contribution in [0.1, 0.15) is 24.2 Å². The molecule has 0 saturated carbocycles. The summed E-state index contributed by atoms with van der Waals surface area (Å²) < 4.78 is 11.4. The smallest absolute Gasteiger partial charge is 0.407 e. The number of carbonyl (C=O) groups is 1. The fraction of sp³-hybridized carbons (Fsp3) is 0.381. The van der Waals surface area contributed by atoms with E-state index in [0.717, 1.165) is 40.9 Å². The molecule has 1 atom stereocenters. The molecule has 1 aliphatic rings. The molecule has 29 heavy (non-hydrogen) atoms. The Morgan fingerprint density at radius 3 is 2.90 bits per heavy atom. The minimum atomic E-state index is -0.371. The Labute approximate surface area is 173 Å². The molecule has 1 aliphatic heterocycles. The van der Waals surface area contributed by atoms with Gasteiger partial charge in [0.1, 0.15) is 23.4 Å². The summed E-state index contributed by atoms with van der Waals surface area (Å²) in [4.78, 5) is 23.5. The molecule has 0 radical (unpaired) electrons. The molecule has 1 aromatic carbocycles. The molecule has 3 heterocycles. The number of amides is 1. The number of ether oxygens (including phenoxy) is 2. The minimum Gasteiger partial charge on any atom is -0.472 e. The van der Waals surface area contributed by atoms with Crippen molar-refractivity contribution in [2.24, 2.45) is 0 Å². The van der Waals surface area contributed by atoms with Gasteiger partial charge in [-0.15, -0.1) is 11.3 Å². The first-order chi connectivity index (χ1) is 14.1. The number of nitrogens with one attached hydrogen (secondary N) is 1. The van der Waals surface area contributed by atoms with Crippen molar-refractivity contribution < 1.29 is 14.3 Å². The number of rotatable bonds is 5. The lowest BCUT2D eigenvalue weighted by atomic mass is 10.1. The Morgan fingerprint density at radius 1 is 1.28 bits per heavy atom. The van der Waals surface area contributed by atoms with Gasteiger partial charge in [0, 0.05) is 19.3 Å². The van der Waals surface area contributed by atoms with Gasteiger partial charge in [-0.25, -0.2) is 9.78 Å². The summed E-state index contributed by atoms with van der Waals surface area (Å²) in [6.45, 7) is 3.99. The maximum Gasteiger partial charge on any atom is 0.407 e. The average molecular weight is 413 g/mol. The van der Waals surface area contributed by atoms with Gasteiger partial charge in [0.15, 0.2) is 0 Å². The van der Waals surface area contributed by atoms with Gasteiger partial charge in [0.2, 0.25) is 5.88 Å². The van der Waals surface area contributed by atoms with E-state index < -0.39 is 0 Å². The largest absolute Gasteiger partial charge is 0.472 e. The molecule has 0 aliphatic carbocycles. The quantitative estimate of drug-likeness (QED) is 0.685. The van der Waals surface area contributed by atoms with Crippen molar-refractivity contribution in [1.82, 2.24) is 15.3 Å². The van der Waals surface area contributed by atoms with Crippen molar-refractivity contribution in [3.8, 4) is 5.88 Å². The number of anilines is 1. The molecule has 1 saturated heterocycles. The number of piperidine rings is 1. The SMILES string of the molecule is CNC(=O)OC1CCCN(c2ccc(COc3nc(C)nc4sccc34)cc2)C1. The van der Waals surface area contributed by atoms with Crippen LogP contribution in [0.4, 0.5) is 10.5 Å². The average Bonchev–Trinajstić information content (AvgIpc) is 3.21. The van der Waals surface area contributed by atoms with Gasteiger partial charge in [-0.1, -0.05) is 12.1 Å². The van der Waals surface area contributed by atoms with Gasteiger partial charge < -0.3 is 19.7 Å². The Balaban J connectivity index is 1.39. The summed E-state index contributed by atoms with van der Waals surface area (Å²) in [5.74, 6) is 1.34. The zero-order valence-corrected chi connectivity index (χ0v) is 17.4. The number of aryl methyl sites for hydroxylation is 1. The molecule has 0 bridgehead atoms. The normalized spacial score (nSPS) is 16.6. The van der Waals surface area contributed by atoms with Crippen molar-refractivity contribution in [3.63, 3.8) is 0 Å². The molecule has 152 valence electrons. The topological polar surface area (TPSA) is 76.6 Å². The van der Waals surface area contributed by atoms with Crippen molar-refractivity contribution in [2.75, 3.05) is 25.0 Å². The van der Waals surface area contributed by atoms with Crippen LogP contribution in [0, 0.1) is 6.92 Å². The highest BCUT2D eigenvalue weighted by Crippen LogP contribution is 2.28. The second-order valence-corrected chi connectivity index (χ2v) is 7.93. The lowest BCUT2D eigenvalue weighted by Gasteiger charge is -2.34. The fourth-order valence-electron chi connectivity index (χ4n) is 3.47. The fourth-order valence-corrected chi connectivity index (χ4v) is 4.27. The highest BCUT2D eigenvalue weighted by Gasteiger charge is 2.23. The number of thiophene rings is 1. The molecule has 8 heteroatoms. The summed E-state index contributed by atoms with van der Waals surface area (Å²) in [6.07, 6.45) is 1.44. The first kappa shape index (κ1) is 19.4. The standard InChI is InChI=1S/C21H24N4O3S/c1-14-23-19(18-9-11-29-20(18)24-14)27-13-15-5-7-16(8-6-15)25-10-3-4-17(12-25)28-21(26)22-2/h5-9,11,17H,3-4,10,12-13H2,1-2H3,(H,22,26). The monoisotopic (exact) mass is 412 g/mol. The minimum absolute atomic E-state index is 0.0827. The molecule has 3 aromatic rings. The van der Waals surface area contributed by atoms with E-state index in [0.29, 0.717) is 24.9 Å².